The number of hydrogen-bond donors (Lipinski definition) is 0. The van der Waals surface area contributed by atoms with Gasteiger partial charge in [-0.2, -0.15) is 0 Å². The molecule has 0 bridgehead atoms. The standard InChI is InChI=1S/C27H14O4/c28-27-19-13-23-17(9-15-5-1-3-7-21(15)29-23)11-25(19)31-26-12-18-10-16-6-2-4-8-22(16)30-24(18)14-20(26)27/h1-14H. The zero-order valence-corrected chi connectivity index (χ0v) is 16.2. The Morgan fingerprint density at radius 2 is 1.48 bits per heavy atom. The van der Waals surface area contributed by atoms with Crippen LogP contribution in [0.2, 0.25) is 0 Å². The van der Waals surface area contributed by atoms with Gasteiger partial charge < -0.3 is 14.6 Å². The summed E-state index contributed by atoms with van der Waals surface area (Å²) in [5, 5.41) is 16.6. The number of para-hydroxylation sites is 2. The minimum Gasteiger partial charge on any atom is -0.871 e. The summed E-state index contributed by atoms with van der Waals surface area (Å²) in [6.45, 7) is 0. The van der Waals surface area contributed by atoms with E-state index in [0.29, 0.717) is 33.6 Å². The van der Waals surface area contributed by atoms with Crippen molar-refractivity contribution in [3.63, 3.8) is 0 Å². The van der Waals surface area contributed by atoms with E-state index in [0.717, 1.165) is 32.9 Å². The monoisotopic (exact) mass is 402 g/mol. The third-order valence-electron chi connectivity index (χ3n) is 5.83. The molecular formula is C27H14O4. The highest BCUT2D eigenvalue weighted by atomic mass is 16.5. The number of benzene rings is 4. The van der Waals surface area contributed by atoms with Crippen molar-refractivity contribution >= 4 is 33.8 Å². The van der Waals surface area contributed by atoms with E-state index in [1.807, 2.05) is 72.8 Å². The van der Waals surface area contributed by atoms with Gasteiger partial charge in [0, 0.05) is 27.6 Å². The lowest BCUT2D eigenvalue weighted by atomic mass is 10.0. The molecule has 0 spiro atoms. The molecule has 5 aromatic rings. The van der Waals surface area contributed by atoms with Crippen LogP contribution >= 0.6 is 0 Å². The van der Waals surface area contributed by atoms with Gasteiger partial charge in [-0.1, -0.05) is 36.1 Å². The molecule has 146 valence electrons. The van der Waals surface area contributed by atoms with Gasteiger partial charge >= 0.3 is 11.2 Å². The van der Waals surface area contributed by atoms with E-state index in [2.05, 4.69) is 0 Å². The summed E-state index contributed by atoms with van der Waals surface area (Å²) in [6, 6.07) is 25.0. The average molecular weight is 402 g/mol. The second kappa shape index (κ2) is 5.86. The van der Waals surface area contributed by atoms with Gasteiger partial charge in [-0.05, 0) is 42.5 Å². The highest BCUT2D eigenvalue weighted by molar-refractivity contribution is 5.93. The second-order valence-electron chi connectivity index (χ2n) is 7.77. The SMILES string of the molecule is [O-]C1=c2cc3c(cc2Oc2cc4cc5ccccc5[o+]c4cc21)=Cc1ccccc1O3. The van der Waals surface area contributed by atoms with Gasteiger partial charge in [-0.3, -0.25) is 0 Å². The van der Waals surface area contributed by atoms with E-state index in [1.54, 1.807) is 12.1 Å². The molecule has 31 heavy (non-hydrogen) atoms. The van der Waals surface area contributed by atoms with Crippen LogP contribution in [0.5, 0.6) is 23.0 Å². The van der Waals surface area contributed by atoms with Crippen molar-refractivity contribution in [3.05, 3.63) is 100 Å². The van der Waals surface area contributed by atoms with E-state index in [1.165, 1.54) is 0 Å². The zero-order valence-electron chi connectivity index (χ0n) is 16.2. The first-order chi connectivity index (χ1) is 15.2. The lowest BCUT2D eigenvalue weighted by Gasteiger charge is -2.24. The van der Waals surface area contributed by atoms with Gasteiger partial charge in [-0.25, -0.2) is 4.42 Å². The fourth-order valence-corrected chi connectivity index (χ4v) is 4.30. The van der Waals surface area contributed by atoms with Crippen molar-refractivity contribution in [2.24, 2.45) is 0 Å². The lowest BCUT2D eigenvalue weighted by Crippen LogP contribution is -2.26. The first-order valence-electron chi connectivity index (χ1n) is 10.0. The zero-order chi connectivity index (χ0) is 20.5. The molecule has 4 heteroatoms. The first-order valence-corrected chi connectivity index (χ1v) is 10.0. The minimum atomic E-state index is -0.105. The summed E-state index contributed by atoms with van der Waals surface area (Å²) in [5.74, 6) is 2.39. The molecule has 4 nitrogen and oxygen atoms in total. The molecule has 2 aliphatic rings. The van der Waals surface area contributed by atoms with Crippen LogP contribution in [-0.2, 0) is 0 Å². The predicted octanol–water partition coefficient (Wildman–Crippen LogP) is 4.42. The average Bonchev–Trinajstić information content (AvgIpc) is 2.79. The highest BCUT2D eigenvalue weighted by Crippen LogP contribution is 2.36. The van der Waals surface area contributed by atoms with Crippen molar-refractivity contribution in [1.29, 1.82) is 0 Å². The Kier molecular flexibility index (Phi) is 3.12. The molecule has 1 aromatic heterocycles. The molecule has 0 N–H and O–H groups in total. The summed E-state index contributed by atoms with van der Waals surface area (Å²) in [7, 11) is 0. The summed E-state index contributed by atoms with van der Waals surface area (Å²) < 4.78 is 18.3. The first kappa shape index (κ1) is 16.5. The normalized spacial score (nSPS) is 13.4. The Morgan fingerprint density at radius 1 is 0.645 bits per heavy atom. The van der Waals surface area contributed by atoms with Gasteiger partial charge in [0.1, 0.15) is 23.0 Å². The predicted molar refractivity (Wildman–Crippen MR) is 116 cm³/mol. The van der Waals surface area contributed by atoms with Gasteiger partial charge in [0.05, 0.1) is 16.8 Å². The second-order valence-corrected chi connectivity index (χ2v) is 7.77. The minimum absolute atomic E-state index is 0.105. The Morgan fingerprint density at radius 3 is 2.45 bits per heavy atom. The maximum absolute atomic E-state index is 13.4. The van der Waals surface area contributed by atoms with Crippen LogP contribution in [-0.4, -0.2) is 0 Å². The molecule has 2 aliphatic heterocycles. The van der Waals surface area contributed by atoms with Crippen LogP contribution in [0.3, 0.4) is 0 Å². The van der Waals surface area contributed by atoms with Gasteiger partial charge in [0.2, 0.25) is 0 Å². The van der Waals surface area contributed by atoms with Crippen LogP contribution < -0.4 is 25.0 Å². The van der Waals surface area contributed by atoms with Crippen molar-refractivity contribution in [3.8, 4) is 23.0 Å². The Labute approximate surface area is 176 Å². The number of fused-ring (bicyclic) bond motifs is 6. The van der Waals surface area contributed by atoms with Gasteiger partial charge in [-0.15, -0.1) is 0 Å². The summed E-state index contributed by atoms with van der Waals surface area (Å²) in [6.07, 6.45) is 2.04. The molecule has 3 heterocycles. The van der Waals surface area contributed by atoms with Gasteiger partial charge in [0.25, 0.3) is 0 Å². The molecule has 0 unspecified atom stereocenters. The molecule has 0 atom stereocenters. The molecule has 4 aromatic carbocycles. The topological polar surface area (TPSA) is 52.8 Å². The van der Waals surface area contributed by atoms with Crippen molar-refractivity contribution < 1.29 is 19.0 Å². The van der Waals surface area contributed by atoms with Crippen molar-refractivity contribution in [2.75, 3.05) is 0 Å². The van der Waals surface area contributed by atoms with Crippen LogP contribution in [0.15, 0.2) is 83.3 Å². The maximum Gasteiger partial charge on any atom is 0.361 e. The van der Waals surface area contributed by atoms with E-state index in [4.69, 9.17) is 13.9 Å². The van der Waals surface area contributed by atoms with E-state index in [-0.39, 0.29) is 5.76 Å². The van der Waals surface area contributed by atoms with E-state index >= 15 is 0 Å². The summed E-state index contributed by atoms with van der Waals surface area (Å²) in [5.41, 5.74) is 2.90. The fraction of sp³-hybridized carbons (Fsp3) is 0. The number of hydrogen-bond acceptors (Lipinski definition) is 3. The van der Waals surface area contributed by atoms with Crippen LogP contribution in [0.1, 0.15) is 11.1 Å². The third-order valence-corrected chi connectivity index (χ3v) is 5.83. The molecular weight excluding hydrogens is 388 g/mol. The van der Waals surface area contributed by atoms with Crippen LogP contribution in [0.4, 0.5) is 0 Å². The molecule has 0 fully saturated rings. The fourth-order valence-electron chi connectivity index (χ4n) is 4.30. The largest absolute Gasteiger partial charge is 0.871 e. The Hall–Kier alpha value is -4.31. The van der Waals surface area contributed by atoms with Crippen molar-refractivity contribution in [1.82, 2.24) is 0 Å². The molecule has 7 rings (SSSR count). The molecule has 0 radical (unpaired) electrons. The van der Waals surface area contributed by atoms with Crippen LogP contribution in [0.25, 0.3) is 33.8 Å². The van der Waals surface area contributed by atoms with Gasteiger partial charge in [0.15, 0.2) is 0 Å². The summed E-state index contributed by atoms with van der Waals surface area (Å²) in [4.78, 5) is 0. The van der Waals surface area contributed by atoms with E-state index < -0.39 is 0 Å². The van der Waals surface area contributed by atoms with Crippen molar-refractivity contribution in [2.45, 2.75) is 0 Å². The smallest absolute Gasteiger partial charge is 0.361 e. The number of ether oxygens (including phenoxy) is 2. The molecule has 0 saturated carbocycles. The number of rotatable bonds is 0. The third kappa shape index (κ3) is 2.39. The molecule has 0 amide bonds. The van der Waals surface area contributed by atoms with E-state index in [9.17, 15) is 5.11 Å². The summed E-state index contributed by atoms with van der Waals surface area (Å²) >= 11 is 0. The Balaban J connectivity index is 1.47. The Bertz CT molecular complexity index is 1700. The molecule has 0 saturated heterocycles. The van der Waals surface area contributed by atoms with Crippen LogP contribution in [0, 0.1) is 0 Å². The lowest BCUT2D eigenvalue weighted by molar-refractivity contribution is -0.245. The molecule has 0 aliphatic carbocycles. The quantitative estimate of drug-likeness (QED) is 0.279. The highest BCUT2D eigenvalue weighted by Gasteiger charge is 2.21. The maximum atomic E-state index is 13.4.